The van der Waals surface area contributed by atoms with Crippen LogP contribution in [0.3, 0.4) is 0 Å². The van der Waals surface area contributed by atoms with Crippen molar-refractivity contribution in [3.63, 3.8) is 0 Å². The molecule has 0 aliphatic rings. The molecule has 148 valence electrons. The molecule has 0 aliphatic heterocycles. The summed E-state index contributed by atoms with van der Waals surface area (Å²) in [5.41, 5.74) is 2.40. The second kappa shape index (κ2) is 8.82. The Kier molecular flexibility index (Phi) is 7.19. The number of aliphatic hydroxyl groups is 1. The summed E-state index contributed by atoms with van der Waals surface area (Å²) in [6, 6.07) is 3.47. The van der Waals surface area contributed by atoms with Crippen LogP contribution in [0.2, 0.25) is 5.02 Å². The zero-order valence-corrected chi connectivity index (χ0v) is 18.8. The van der Waals surface area contributed by atoms with Crippen LogP contribution in [0.5, 0.6) is 0 Å². The molecule has 1 aromatic heterocycles. The highest BCUT2D eigenvalue weighted by atomic mass is 35.5. The molecule has 0 unspecified atom stereocenters. The Morgan fingerprint density at radius 1 is 1.22 bits per heavy atom. The van der Waals surface area contributed by atoms with Gasteiger partial charge in [0.2, 0.25) is 0 Å². The van der Waals surface area contributed by atoms with E-state index in [1.165, 1.54) is 11.3 Å². The highest BCUT2D eigenvalue weighted by Gasteiger charge is 2.21. The number of carbonyl (C=O) groups excluding carboxylic acids is 1. The van der Waals surface area contributed by atoms with Gasteiger partial charge in [0.05, 0.1) is 5.69 Å². The maximum atomic E-state index is 12.5. The number of hydrogen-bond donors (Lipinski definition) is 3. The van der Waals surface area contributed by atoms with Crippen molar-refractivity contribution >= 4 is 46.6 Å². The largest absolute Gasteiger partial charge is 0.384 e. The van der Waals surface area contributed by atoms with Crippen molar-refractivity contribution in [3.05, 3.63) is 39.4 Å². The lowest BCUT2D eigenvalue weighted by Crippen LogP contribution is -2.24. The maximum Gasteiger partial charge on any atom is 0.329 e. The van der Waals surface area contributed by atoms with Crippen LogP contribution in [0, 0.1) is 0 Å². The fraction of sp³-hybridized carbons (Fsp3) is 0.474. The number of aromatic nitrogens is 1. The molecule has 27 heavy (non-hydrogen) atoms. The number of anilines is 1. The number of carbonyl (C=O) groups is 1. The van der Waals surface area contributed by atoms with E-state index in [-0.39, 0.29) is 17.9 Å². The number of benzene rings is 1. The minimum atomic E-state index is -1.00. The third-order valence-electron chi connectivity index (χ3n) is 3.99. The molecule has 8 heteroatoms. The average molecular weight is 428 g/mol. The molecule has 2 aromatic rings. The lowest BCUT2D eigenvalue weighted by molar-refractivity contribution is 0.0741. The molecule has 0 aliphatic carbocycles. The second-order valence-electron chi connectivity index (χ2n) is 7.48. The van der Waals surface area contributed by atoms with Crippen molar-refractivity contribution in [1.29, 1.82) is 0 Å². The minimum absolute atomic E-state index is 0.220. The van der Waals surface area contributed by atoms with Crippen LogP contribution in [0.15, 0.2) is 21.9 Å². The number of nitrogens with one attached hydrogen (secondary N) is 2. The number of urea groups is 1. The van der Waals surface area contributed by atoms with Gasteiger partial charge in [-0.25, -0.2) is 9.78 Å². The van der Waals surface area contributed by atoms with Crippen LogP contribution in [-0.4, -0.2) is 16.1 Å². The van der Waals surface area contributed by atoms with Crippen LogP contribution in [0.25, 0.3) is 0 Å². The molecule has 0 spiro atoms. The van der Waals surface area contributed by atoms with Crippen molar-refractivity contribution < 1.29 is 9.90 Å². The second-order valence-corrected chi connectivity index (χ2v) is 9.83. The summed E-state index contributed by atoms with van der Waals surface area (Å²) in [4.78, 5) is 16.8. The van der Waals surface area contributed by atoms with Gasteiger partial charge in [-0.15, -0.1) is 11.3 Å². The summed E-state index contributed by atoms with van der Waals surface area (Å²) in [6.45, 7) is 11.6. The zero-order chi connectivity index (χ0) is 20.4. The maximum absolute atomic E-state index is 12.5. The summed E-state index contributed by atoms with van der Waals surface area (Å²) in [6.07, 6.45) is 0. The van der Waals surface area contributed by atoms with Crippen molar-refractivity contribution in [2.45, 2.75) is 63.3 Å². The van der Waals surface area contributed by atoms with Gasteiger partial charge in [0.1, 0.15) is 5.60 Å². The van der Waals surface area contributed by atoms with Crippen LogP contribution in [0.1, 0.15) is 70.2 Å². The van der Waals surface area contributed by atoms with Crippen LogP contribution in [-0.2, 0) is 5.60 Å². The van der Waals surface area contributed by atoms with Gasteiger partial charge in [0.25, 0.3) is 0 Å². The van der Waals surface area contributed by atoms with E-state index in [4.69, 9.17) is 11.6 Å². The summed E-state index contributed by atoms with van der Waals surface area (Å²) in [7, 11) is 0. The van der Waals surface area contributed by atoms with Crippen molar-refractivity contribution in [1.82, 2.24) is 9.71 Å². The number of hydrogen-bond acceptors (Lipinski definition) is 5. The SMILES string of the molecule is CC(C)c1cc(Cl)cc(C(C)C)c1NC(=O)NSc1nc(C(C)(C)O)cs1. The number of amides is 2. The normalized spacial score (nSPS) is 11.9. The Bertz CT molecular complexity index is 785. The Balaban J connectivity index is 2.14. The topological polar surface area (TPSA) is 74.2 Å². The molecule has 5 nitrogen and oxygen atoms in total. The Morgan fingerprint density at radius 2 is 1.78 bits per heavy atom. The van der Waals surface area contributed by atoms with E-state index >= 15 is 0 Å². The third-order valence-corrected chi connectivity index (χ3v) is 5.93. The molecule has 0 bridgehead atoms. The van der Waals surface area contributed by atoms with Gasteiger partial charge in [-0.2, -0.15) is 0 Å². The van der Waals surface area contributed by atoms with Gasteiger partial charge in [-0.05, 0) is 48.9 Å². The number of rotatable bonds is 6. The molecule has 1 aromatic carbocycles. The molecule has 0 fully saturated rings. The fourth-order valence-electron chi connectivity index (χ4n) is 2.52. The predicted octanol–water partition coefficient (Wildman–Crippen LogP) is 6.10. The Labute approximate surface area is 174 Å². The number of nitrogens with zero attached hydrogens (tertiary/aromatic N) is 1. The predicted molar refractivity (Wildman–Crippen MR) is 115 cm³/mol. The van der Waals surface area contributed by atoms with Crippen molar-refractivity contribution in [2.24, 2.45) is 0 Å². The first kappa shape index (κ1) is 22.0. The molecule has 0 atom stereocenters. The summed E-state index contributed by atoms with van der Waals surface area (Å²) in [5.74, 6) is 0.440. The third kappa shape index (κ3) is 5.85. The van der Waals surface area contributed by atoms with E-state index < -0.39 is 5.60 Å². The Morgan fingerprint density at radius 3 is 2.22 bits per heavy atom. The van der Waals surface area contributed by atoms with Crippen LogP contribution in [0.4, 0.5) is 10.5 Å². The number of halogens is 1. The first-order chi connectivity index (χ1) is 12.5. The van der Waals surface area contributed by atoms with Crippen LogP contribution < -0.4 is 10.0 Å². The molecule has 0 saturated heterocycles. The summed E-state index contributed by atoms with van der Waals surface area (Å²) in [5, 5.41) is 15.4. The van der Waals surface area contributed by atoms with Gasteiger partial charge < -0.3 is 10.4 Å². The molecule has 3 N–H and O–H groups in total. The van der Waals surface area contributed by atoms with Gasteiger partial charge in [0.15, 0.2) is 4.34 Å². The average Bonchev–Trinajstić information content (AvgIpc) is 3.03. The molecule has 0 radical (unpaired) electrons. The fourth-order valence-corrected chi connectivity index (χ4v) is 4.30. The standard InChI is InChI=1S/C19H26ClN3O2S2/c1-10(2)13-7-12(20)8-14(11(3)4)16(13)22-17(24)23-27-18-21-15(9-26-18)19(5,6)25/h7-11,25H,1-6H3,(H2,22,23,24). The first-order valence-corrected chi connectivity index (χ1v) is 10.8. The van der Waals surface area contributed by atoms with E-state index in [0.29, 0.717) is 15.1 Å². The van der Waals surface area contributed by atoms with Crippen molar-refractivity contribution in [3.8, 4) is 0 Å². The molecule has 1 heterocycles. The lowest BCUT2D eigenvalue weighted by Gasteiger charge is -2.21. The molecule has 0 saturated carbocycles. The zero-order valence-electron chi connectivity index (χ0n) is 16.4. The molecular weight excluding hydrogens is 402 g/mol. The van der Waals surface area contributed by atoms with E-state index in [1.54, 1.807) is 19.2 Å². The molecular formula is C19H26ClN3O2S2. The quantitative estimate of drug-likeness (QED) is 0.487. The van der Waals surface area contributed by atoms with E-state index in [2.05, 4.69) is 42.7 Å². The smallest absolute Gasteiger partial charge is 0.329 e. The summed E-state index contributed by atoms with van der Waals surface area (Å²) >= 11 is 8.77. The van der Waals surface area contributed by atoms with Gasteiger partial charge in [0, 0.05) is 28.0 Å². The van der Waals surface area contributed by atoms with E-state index in [9.17, 15) is 9.90 Å². The van der Waals surface area contributed by atoms with E-state index in [0.717, 1.165) is 28.8 Å². The monoisotopic (exact) mass is 427 g/mol. The van der Waals surface area contributed by atoms with Gasteiger partial charge in [-0.1, -0.05) is 39.3 Å². The van der Waals surface area contributed by atoms with Gasteiger partial charge >= 0.3 is 6.03 Å². The minimum Gasteiger partial charge on any atom is -0.384 e. The molecule has 2 amide bonds. The highest BCUT2D eigenvalue weighted by Crippen LogP contribution is 2.35. The number of thiazole rings is 1. The van der Waals surface area contributed by atoms with Crippen molar-refractivity contribution in [2.75, 3.05) is 5.32 Å². The van der Waals surface area contributed by atoms with Gasteiger partial charge in [-0.3, -0.25) is 4.72 Å². The lowest BCUT2D eigenvalue weighted by atomic mass is 9.92. The van der Waals surface area contributed by atoms with E-state index in [1.807, 2.05) is 12.1 Å². The summed E-state index contributed by atoms with van der Waals surface area (Å²) < 4.78 is 3.42. The Hall–Kier alpha value is -1.28. The molecule has 2 rings (SSSR count). The highest BCUT2D eigenvalue weighted by molar-refractivity contribution is 7.99. The first-order valence-electron chi connectivity index (χ1n) is 8.74. The van der Waals surface area contributed by atoms with Crippen LogP contribution >= 0.6 is 34.9 Å².